The second kappa shape index (κ2) is 7.65. The van der Waals surface area contributed by atoms with Crippen molar-refractivity contribution in [1.82, 2.24) is 0 Å². The maximum Gasteiger partial charge on any atom is 0.163 e. The Labute approximate surface area is 179 Å². The Morgan fingerprint density at radius 1 is 0.903 bits per heavy atom. The quantitative estimate of drug-likeness (QED) is 0.519. The van der Waals surface area contributed by atoms with E-state index in [-0.39, 0.29) is 17.3 Å². The summed E-state index contributed by atoms with van der Waals surface area (Å²) in [6.45, 7) is 2.03. The van der Waals surface area contributed by atoms with Crippen LogP contribution in [0.4, 0.5) is 20.2 Å². The molecule has 0 saturated heterocycles. The molecule has 2 aliphatic rings. The van der Waals surface area contributed by atoms with Gasteiger partial charge in [0.1, 0.15) is 11.6 Å². The minimum absolute atomic E-state index is 0.0302. The number of ketones is 1. The Morgan fingerprint density at radius 2 is 1.65 bits per heavy atom. The molecule has 0 unspecified atom stereocenters. The van der Waals surface area contributed by atoms with Crippen molar-refractivity contribution in [2.24, 2.45) is 0 Å². The third-order valence-electron chi connectivity index (χ3n) is 6.13. The van der Waals surface area contributed by atoms with Crippen molar-refractivity contribution in [1.29, 1.82) is 0 Å². The standard InChI is InChI=1S/C26H22F2N2O/c1-15-6-8-16(9-7-15)17-12-23-25(24(31)13-17)26(19-14-18(27)10-11-20(19)28)30-22-5-3-2-4-21(22)29-23/h2-11,14,17,26,29-30H,12-13H2,1H3/t17-,26-/m0/s1. The van der Waals surface area contributed by atoms with Crippen molar-refractivity contribution >= 4 is 17.2 Å². The van der Waals surface area contributed by atoms with Gasteiger partial charge in [-0.25, -0.2) is 8.78 Å². The van der Waals surface area contributed by atoms with Gasteiger partial charge in [0, 0.05) is 23.3 Å². The lowest BCUT2D eigenvalue weighted by atomic mass is 9.78. The molecule has 0 aromatic heterocycles. The van der Waals surface area contributed by atoms with E-state index in [4.69, 9.17) is 0 Å². The summed E-state index contributed by atoms with van der Waals surface area (Å²) < 4.78 is 28.8. The lowest BCUT2D eigenvalue weighted by molar-refractivity contribution is -0.116. The number of rotatable bonds is 2. The van der Waals surface area contributed by atoms with E-state index in [9.17, 15) is 13.6 Å². The molecule has 1 heterocycles. The fourth-order valence-corrected chi connectivity index (χ4v) is 4.54. The van der Waals surface area contributed by atoms with E-state index in [2.05, 4.69) is 22.8 Å². The summed E-state index contributed by atoms with van der Waals surface area (Å²) >= 11 is 0. The van der Waals surface area contributed by atoms with Crippen LogP contribution in [-0.2, 0) is 4.79 Å². The van der Waals surface area contributed by atoms with Crippen molar-refractivity contribution in [3.8, 4) is 0 Å². The number of carbonyl (C=O) groups is 1. The SMILES string of the molecule is Cc1ccc([C@@H]2CC(=O)C3=C(C2)Nc2ccccc2N[C@H]3c2cc(F)ccc2F)cc1. The minimum atomic E-state index is -0.770. The normalized spacial score (nSPS) is 20.3. The number of hydrogen-bond acceptors (Lipinski definition) is 3. The highest BCUT2D eigenvalue weighted by Crippen LogP contribution is 2.44. The number of para-hydroxylation sites is 2. The zero-order valence-corrected chi connectivity index (χ0v) is 17.1. The van der Waals surface area contributed by atoms with Gasteiger partial charge in [-0.15, -0.1) is 0 Å². The number of aryl methyl sites for hydroxylation is 1. The third kappa shape index (κ3) is 3.61. The van der Waals surface area contributed by atoms with E-state index in [1.807, 2.05) is 43.3 Å². The zero-order chi connectivity index (χ0) is 21.5. The Balaban J connectivity index is 1.63. The number of benzene rings is 3. The van der Waals surface area contributed by atoms with Gasteiger partial charge in [-0.2, -0.15) is 0 Å². The number of Topliss-reactive ketones (excluding diaryl/α,β-unsaturated/α-hetero) is 1. The number of anilines is 2. The molecule has 2 N–H and O–H groups in total. The van der Waals surface area contributed by atoms with Crippen molar-refractivity contribution in [2.45, 2.75) is 31.7 Å². The molecular formula is C26H22F2N2O. The van der Waals surface area contributed by atoms with E-state index >= 15 is 0 Å². The van der Waals surface area contributed by atoms with Gasteiger partial charge in [0.25, 0.3) is 0 Å². The Kier molecular flexibility index (Phi) is 4.81. The van der Waals surface area contributed by atoms with Crippen LogP contribution >= 0.6 is 0 Å². The van der Waals surface area contributed by atoms with Crippen LogP contribution in [-0.4, -0.2) is 5.78 Å². The highest BCUT2D eigenvalue weighted by molar-refractivity contribution is 6.01. The maximum absolute atomic E-state index is 14.8. The second-order valence-corrected chi connectivity index (χ2v) is 8.25. The molecule has 0 fully saturated rings. The monoisotopic (exact) mass is 416 g/mol. The van der Waals surface area contributed by atoms with Gasteiger partial charge in [0.05, 0.1) is 17.4 Å². The fourth-order valence-electron chi connectivity index (χ4n) is 4.54. The molecule has 5 heteroatoms. The van der Waals surface area contributed by atoms with E-state index in [0.717, 1.165) is 40.3 Å². The molecule has 0 radical (unpaired) electrons. The Hall–Kier alpha value is -3.47. The number of halogens is 2. The average Bonchev–Trinajstić information content (AvgIpc) is 2.92. The van der Waals surface area contributed by atoms with Gasteiger partial charge >= 0.3 is 0 Å². The van der Waals surface area contributed by atoms with E-state index in [0.29, 0.717) is 18.4 Å². The van der Waals surface area contributed by atoms with Gasteiger partial charge in [-0.05, 0) is 55.2 Å². The van der Waals surface area contributed by atoms with Crippen LogP contribution < -0.4 is 10.6 Å². The van der Waals surface area contributed by atoms with Crippen molar-refractivity contribution < 1.29 is 13.6 Å². The predicted octanol–water partition coefficient (Wildman–Crippen LogP) is 6.25. The topological polar surface area (TPSA) is 41.1 Å². The number of carbonyl (C=O) groups excluding carboxylic acids is 1. The molecule has 1 aliphatic carbocycles. The number of allylic oxidation sites excluding steroid dienone is 1. The smallest absolute Gasteiger partial charge is 0.163 e. The molecule has 0 spiro atoms. The van der Waals surface area contributed by atoms with Crippen molar-refractivity contribution in [3.05, 3.63) is 106 Å². The van der Waals surface area contributed by atoms with Crippen LogP contribution in [0, 0.1) is 18.6 Å². The van der Waals surface area contributed by atoms with Crippen LogP contribution in [0.5, 0.6) is 0 Å². The van der Waals surface area contributed by atoms with Crippen LogP contribution in [0.15, 0.2) is 78.0 Å². The minimum Gasteiger partial charge on any atom is -0.372 e. The molecule has 0 bridgehead atoms. The predicted molar refractivity (Wildman–Crippen MR) is 118 cm³/mol. The van der Waals surface area contributed by atoms with Crippen molar-refractivity contribution in [2.75, 3.05) is 10.6 Å². The Morgan fingerprint density at radius 3 is 2.42 bits per heavy atom. The summed E-state index contributed by atoms with van der Waals surface area (Å²) in [4.78, 5) is 13.4. The zero-order valence-electron chi connectivity index (χ0n) is 17.1. The molecular weight excluding hydrogens is 394 g/mol. The van der Waals surface area contributed by atoms with Gasteiger partial charge in [0.2, 0.25) is 0 Å². The highest BCUT2D eigenvalue weighted by atomic mass is 19.1. The van der Waals surface area contributed by atoms with Crippen LogP contribution in [0.3, 0.4) is 0 Å². The van der Waals surface area contributed by atoms with Gasteiger partial charge < -0.3 is 10.6 Å². The number of hydrogen-bond donors (Lipinski definition) is 2. The summed E-state index contributed by atoms with van der Waals surface area (Å²) in [6.07, 6.45) is 0.947. The molecule has 3 nitrogen and oxygen atoms in total. The molecule has 0 saturated carbocycles. The van der Waals surface area contributed by atoms with Gasteiger partial charge in [0.15, 0.2) is 5.78 Å². The van der Waals surface area contributed by atoms with Crippen LogP contribution in [0.1, 0.15) is 41.5 Å². The molecule has 1 aliphatic heterocycles. The van der Waals surface area contributed by atoms with Gasteiger partial charge in [-0.1, -0.05) is 42.0 Å². The molecule has 3 aromatic carbocycles. The summed E-state index contributed by atoms with van der Waals surface area (Å²) in [5, 5.41) is 6.70. The first-order valence-corrected chi connectivity index (χ1v) is 10.4. The molecule has 31 heavy (non-hydrogen) atoms. The summed E-state index contributed by atoms with van der Waals surface area (Å²) in [5.41, 5.74) is 5.19. The van der Waals surface area contributed by atoms with Crippen LogP contribution in [0.2, 0.25) is 0 Å². The van der Waals surface area contributed by atoms with Crippen molar-refractivity contribution in [3.63, 3.8) is 0 Å². The highest BCUT2D eigenvalue weighted by Gasteiger charge is 2.37. The third-order valence-corrected chi connectivity index (χ3v) is 6.13. The summed E-state index contributed by atoms with van der Waals surface area (Å²) in [5.74, 6) is -1.11. The largest absolute Gasteiger partial charge is 0.372 e. The lowest BCUT2D eigenvalue weighted by Crippen LogP contribution is -2.27. The second-order valence-electron chi connectivity index (χ2n) is 8.25. The first-order chi connectivity index (χ1) is 15.0. The number of nitrogens with one attached hydrogen (secondary N) is 2. The first-order valence-electron chi connectivity index (χ1n) is 10.4. The average molecular weight is 416 g/mol. The van der Waals surface area contributed by atoms with E-state index < -0.39 is 17.7 Å². The van der Waals surface area contributed by atoms with E-state index in [1.165, 1.54) is 6.07 Å². The summed E-state index contributed by atoms with van der Waals surface area (Å²) in [6, 6.07) is 18.4. The summed E-state index contributed by atoms with van der Waals surface area (Å²) in [7, 11) is 0. The lowest BCUT2D eigenvalue weighted by Gasteiger charge is -2.30. The van der Waals surface area contributed by atoms with Gasteiger partial charge in [-0.3, -0.25) is 4.79 Å². The Bertz CT molecular complexity index is 1200. The number of fused-ring (bicyclic) bond motifs is 1. The molecule has 3 aromatic rings. The van der Waals surface area contributed by atoms with Crippen LogP contribution in [0.25, 0.3) is 0 Å². The van der Waals surface area contributed by atoms with E-state index in [1.54, 1.807) is 0 Å². The fraction of sp³-hybridized carbons (Fsp3) is 0.192. The maximum atomic E-state index is 14.8. The molecule has 0 amide bonds. The molecule has 2 atom stereocenters. The molecule has 5 rings (SSSR count). The first kappa shape index (κ1) is 19.5. The molecule has 156 valence electrons.